The average Bonchev–Trinajstić information content (AvgIpc) is 2.76. The number of nitrogens with one attached hydrogen (secondary N) is 1. The quantitative estimate of drug-likeness (QED) is 0.866. The molecule has 0 unspecified atom stereocenters. The van der Waals surface area contributed by atoms with Gasteiger partial charge in [-0.15, -0.1) is 0 Å². The predicted octanol–water partition coefficient (Wildman–Crippen LogP) is 3.20. The minimum absolute atomic E-state index is 0.124. The first-order chi connectivity index (χ1) is 10.0. The lowest BCUT2D eigenvalue weighted by Crippen LogP contribution is -2.50. The maximum atomic E-state index is 12.6. The molecule has 0 bridgehead atoms. The van der Waals surface area contributed by atoms with Crippen molar-refractivity contribution in [2.45, 2.75) is 65.2 Å². The highest BCUT2D eigenvalue weighted by atomic mass is 16.2. The molecule has 3 fully saturated rings. The van der Waals surface area contributed by atoms with E-state index in [-0.39, 0.29) is 5.41 Å². The molecule has 1 N–H and O–H groups in total. The van der Waals surface area contributed by atoms with Crippen LogP contribution >= 0.6 is 0 Å². The van der Waals surface area contributed by atoms with Crippen molar-refractivity contribution in [3.8, 4) is 0 Å². The van der Waals surface area contributed by atoms with Crippen molar-refractivity contribution in [2.75, 3.05) is 26.2 Å². The lowest BCUT2D eigenvalue weighted by atomic mass is 9.63. The Hall–Kier alpha value is -0.570. The van der Waals surface area contributed by atoms with Gasteiger partial charge in [0.1, 0.15) is 0 Å². The molecule has 3 heteroatoms. The molecule has 21 heavy (non-hydrogen) atoms. The highest BCUT2D eigenvalue weighted by molar-refractivity contribution is 5.84. The molecule has 3 aliphatic rings. The molecule has 2 saturated heterocycles. The largest absolute Gasteiger partial charge is 0.342 e. The van der Waals surface area contributed by atoms with Crippen LogP contribution in [0.25, 0.3) is 0 Å². The minimum atomic E-state index is -0.124. The van der Waals surface area contributed by atoms with E-state index in [1.807, 2.05) is 0 Å². The van der Waals surface area contributed by atoms with Crippen molar-refractivity contribution < 1.29 is 4.79 Å². The van der Waals surface area contributed by atoms with E-state index in [4.69, 9.17) is 0 Å². The number of piperidine rings is 1. The fourth-order valence-electron chi connectivity index (χ4n) is 4.92. The SMILES string of the molecule is CC1(C)CCN(CC2(C3CCCCC3)CCNCC2)C1=O. The van der Waals surface area contributed by atoms with Gasteiger partial charge in [0.2, 0.25) is 5.91 Å². The van der Waals surface area contributed by atoms with Gasteiger partial charge >= 0.3 is 0 Å². The molecule has 3 nitrogen and oxygen atoms in total. The van der Waals surface area contributed by atoms with Gasteiger partial charge in [-0.25, -0.2) is 0 Å². The number of nitrogens with zero attached hydrogens (tertiary/aromatic N) is 1. The Balaban J connectivity index is 1.75. The van der Waals surface area contributed by atoms with Crippen molar-refractivity contribution in [1.29, 1.82) is 0 Å². The zero-order valence-corrected chi connectivity index (χ0v) is 13.9. The molecule has 0 aromatic carbocycles. The Labute approximate surface area is 129 Å². The molecule has 1 saturated carbocycles. The van der Waals surface area contributed by atoms with Crippen LogP contribution in [0.4, 0.5) is 0 Å². The molecular weight excluding hydrogens is 260 g/mol. The van der Waals surface area contributed by atoms with Crippen molar-refractivity contribution >= 4 is 5.91 Å². The zero-order valence-electron chi connectivity index (χ0n) is 13.9. The average molecular weight is 292 g/mol. The van der Waals surface area contributed by atoms with E-state index in [1.54, 1.807) is 0 Å². The van der Waals surface area contributed by atoms with Crippen LogP contribution in [0.1, 0.15) is 65.2 Å². The summed E-state index contributed by atoms with van der Waals surface area (Å²) < 4.78 is 0. The molecule has 1 amide bonds. The molecule has 0 radical (unpaired) electrons. The fourth-order valence-corrected chi connectivity index (χ4v) is 4.92. The van der Waals surface area contributed by atoms with Crippen molar-refractivity contribution in [2.24, 2.45) is 16.7 Å². The van der Waals surface area contributed by atoms with Crippen molar-refractivity contribution in [3.05, 3.63) is 0 Å². The van der Waals surface area contributed by atoms with Crippen LogP contribution in [-0.4, -0.2) is 37.0 Å². The Morgan fingerprint density at radius 2 is 1.76 bits per heavy atom. The first kappa shape index (κ1) is 15.3. The number of likely N-dealkylation sites (tertiary alicyclic amines) is 1. The van der Waals surface area contributed by atoms with E-state index in [0.717, 1.165) is 38.5 Å². The van der Waals surface area contributed by atoms with Crippen LogP contribution in [0, 0.1) is 16.7 Å². The maximum absolute atomic E-state index is 12.6. The summed E-state index contributed by atoms with van der Waals surface area (Å²) in [5.74, 6) is 1.25. The zero-order chi connectivity index (χ0) is 14.9. The van der Waals surface area contributed by atoms with Crippen LogP contribution < -0.4 is 5.32 Å². The van der Waals surface area contributed by atoms with Gasteiger partial charge < -0.3 is 10.2 Å². The lowest BCUT2D eigenvalue weighted by molar-refractivity contribution is -0.137. The van der Waals surface area contributed by atoms with Gasteiger partial charge in [0.25, 0.3) is 0 Å². The summed E-state index contributed by atoms with van der Waals surface area (Å²) in [4.78, 5) is 14.8. The third-order valence-corrected chi connectivity index (χ3v) is 6.45. The van der Waals surface area contributed by atoms with Gasteiger partial charge in [-0.2, -0.15) is 0 Å². The Morgan fingerprint density at radius 3 is 2.33 bits per heavy atom. The number of hydrogen-bond acceptors (Lipinski definition) is 2. The molecule has 2 aliphatic heterocycles. The second-order valence-corrected chi connectivity index (χ2v) is 8.31. The van der Waals surface area contributed by atoms with Crippen LogP contribution in [0.3, 0.4) is 0 Å². The lowest BCUT2D eigenvalue weighted by Gasteiger charge is -2.47. The molecule has 0 spiro atoms. The van der Waals surface area contributed by atoms with E-state index >= 15 is 0 Å². The molecule has 0 aromatic heterocycles. The first-order valence-corrected chi connectivity index (χ1v) is 9.04. The van der Waals surface area contributed by atoms with Crippen LogP contribution in [0.15, 0.2) is 0 Å². The van der Waals surface area contributed by atoms with Crippen molar-refractivity contribution in [3.63, 3.8) is 0 Å². The number of amides is 1. The van der Waals surface area contributed by atoms with Gasteiger partial charge in [0, 0.05) is 18.5 Å². The standard InChI is InChI=1S/C18H32N2O/c1-17(2)10-13-20(16(17)21)14-18(8-11-19-12-9-18)15-6-4-3-5-7-15/h15,19H,3-14H2,1-2H3. The molecule has 2 heterocycles. The Bertz CT molecular complexity index is 379. The minimum Gasteiger partial charge on any atom is -0.342 e. The monoisotopic (exact) mass is 292 g/mol. The van der Waals surface area contributed by atoms with Gasteiger partial charge in [0.05, 0.1) is 0 Å². The Kier molecular flexibility index (Phi) is 4.31. The third-order valence-electron chi connectivity index (χ3n) is 6.45. The topological polar surface area (TPSA) is 32.3 Å². The van der Waals surface area contributed by atoms with Gasteiger partial charge in [0.15, 0.2) is 0 Å². The van der Waals surface area contributed by atoms with Crippen LogP contribution in [0.2, 0.25) is 0 Å². The molecule has 3 rings (SSSR count). The number of carbonyl (C=O) groups is 1. The summed E-state index contributed by atoms with van der Waals surface area (Å²) in [5, 5.41) is 3.53. The van der Waals surface area contributed by atoms with Gasteiger partial charge in [-0.3, -0.25) is 4.79 Å². The molecule has 0 aromatic rings. The molecule has 0 atom stereocenters. The van der Waals surface area contributed by atoms with E-state index in [2.05, 4.69) is 24.1 Å². The summed E-state index contributed by atoms with van der Waals surface area (Å²) in [6.45, 7) is 8.52. The van der Waals surface area contributed by atoms with E-state index in [1.165, 1.54) is 44.9 Å². The number of carbonyl (C=O) groups excluding carboxylic acids is 1. The first-order valence-electron chi connectivity index (χ1n) is 9.04. The highest BCUT2D eigenvalue weighted by Gasteiger charge is 2.46. The van der Waals surface area contributed by atoms with E-state index in [0.29, 0.717) is 11.3 Å². The molecule has 1 aliphatic carbocycles. The second kappa shape index (κ2) is 5.91. The third kappa shape index (κ3) is 2.99. The molecule has 120 valence electrons. The summed E-state index contributed by atoms with van der Waals surface area (Å²) >= 11 is 0. The summed E-state index contributed by atoms with van der Waals surface area (Å²) in [6, 6.07) is 0. The summed E-state index contributed by atoms with van der Waals surface area (Å²) in [7, 11) is 0. The molecular formula is C18H32N2O. The second-order valence-electron chi connectivity index (χ2n) is 8.31. The highest BCUT2D eigenvalue weighted by Crippen LogP contribution is 2.46. The smallest absolute Gasteiger partial charge is 0.228 e. The maximum Gasteiger partial charge on any atom is 0.228 e. The predicted molar refractivity (Wildman–Crippen MR) is 86.1 cm³/mol. The summed E-state index contributed by atoms with van der Waals surface area (Å²) in [6.07, 6.45) is 10.6. The van der Waals surface area contributed by atoms with Crippen molar-refractivity contribution in [1.82, 2.24) is 10.2 Å². The number of rotatable bonds is 3. The summed E-state index contributed by atoms with van der Waals surface area (Å²) in [5.41, 5.74) is 0.280. The van der Waals surface area contributed by atoms with Gasteiger partial charge in [-0.1, -0.05) is 33.1 Å². The van der Waals surface area contributed by atoms with Crippen LogP contribution in [0.5, 0.6) is 0 Å². The van der Waals surface area contributed by atoms with Gasteiger partial charge in [-0.05, 0) is 56.5 Å². The van der Waals surface area contributed by atoms with E-state index < -0.39 is 0 Å². The van der Waals surface area contributed by atoms with E-state index in [9.17, 15) is 4.79 Å². The Morgan fingerprint density at radius 1 is 1.10 bits per heavy atom. The number of hydrogen-bond donors (Lipinski definition) is 1. The fraction of sp³-hybridized carbons (Fsp3) is 0.944. The van der Waals surface area contributed by atoms with Crippen LogP contribution in [-0.2, 0) is 4.79 Å². The normalized spacial score (nSPS) is 29.8.